The van der Waals surface area contributed by atoms with Crippen LogP contribution in [0.3, 0.4) is 0 Å². The Balaban J connectivity index is 1.50. The summed E-state index contributed by atoms with van der Waals surface area (Å²) < 4.78 is 1.12. The molecule has 0 radical (unpaired) electrons. The summed E-state index contributed by atoms with van der Waals surface area (Å²) in [6.07, 6.45) is 3.21. The SMILES string of the molecule is CCN1CCN(C2CCN(c3ccnc4ccc(Br)cc34)C2)CC1. The molecule has 2 aliphatic rings. The molecule has 0 amide bonds. The highest BCUT2D eigenvalue weighted by Crippen LogP contribution is 2.31. The third-order valence-electron chi connectivity index (χ3n) is 5.56. The number of nitrogens with zero attached hydrogens (tertiary/aromatic N) is 4. The Morgan fingerprint density at radius 3 is 2.75 bits per heavy atom. The minimum Gasteiger partial charge on any atom is -0.369 e. The van der Waals surface area contributed by atoms with Crippen LogP contribution in [0.1, 0.15) is 13.3 Å². The van der Waals surface area contributed by atoms with Gasteiger partial charge in [0.1, 0.15) is 0 Å². The molecule has 0 bridgehead atoms. The molecule has 2 fully saturated rings. The Morgan fingerprint density at radius 2 is 1.96 bits per heavy atom. The second kappa shape index (κ2) is 6.98. The molecule has 4 rings (SSSR count). The predicted octanol–water partition coefficient (Wildman–Crippen LogP) is 3.21. The number of benzene rings is 1. The zero-order valence-electron chi connectivity index (χ0n) is 14.3. The molecule has 3 heterocycles. The molecule has 2 aromatic rings. The third-order valence-corrected chi connectivity index (χ3v) is 6.05. The van der Waals surface area contributed by atoms with E-state index in [9.17, 15) is 0 Å². The van der Waals surface area contributed by atoms with Gasteiger partial charge in [-0.15, -0.1) is 0 Å². The average Bonchev–Trinajstić information content (AvgIpc) is 3.11. The minimum atomic E-state index is 0.694. The highest BCUT2D eigenvalue weighted by atomic mass is 79.9. The molecular formula is C19H25BrN4. The van der Waals surface area contributed by atoms with E-state index in [0.717, 1.165) is 23.1 Å². The summed E-state index contributed by atoms with van der Waals surface area (Å²) in [4.78, 5) is 12.3. The molecule has 0 aliphatic carbocycles. The summed E-state index contributed by atoms with van der Waals surface area (Å²) in [5.74, 6) is 0. The van der Waals surface area contributed by atoms with E-state index in [1.54, 1.807) is 0 Å². The van der Waals surface area contributed by atoms with E-state index in [1.165, 1.54) is 50.2 Å². The molecule has 5 heteroatoms. The Kier molecular flexibility index (Phi) is 4.74. The van der Waals surface area contributed by atoms with Crippen LogP contribution in [0, 0.1) is 0 Å². The van der Waals surface area contributed by atoms with Gasteiger partial charge in [-0.25, -0.2) is 0 Å². The first-order valence-electron chi connectivity index (χ1n) is 9.00. The summed E-state index contributed by atoms with van der Waals surface area (Å²) >= 11 is 3.60. The van der Waals surface area contributed by atoms with Gasteiger partial charge in [-0.2, -0.15) is 0 Å². The van der Waals surface area contributed by atoms with Gasteiger partial charge < -0.3 is 9.80 Å². The first kappa shape index (κ1) is 16.3. The number of rotatable bonds is 3. The third kappa shape index (κ3) is 3.17. The number of likely N-dealkylation sites (N-methyl/N-ethyl adjacent to an activating group) is 1. The van der Waals surface area contributed by atoms with Crippen LogP contribution in [0.4, 0.5) is 5.69 Å². The lowest BCUT2D eigenvalue weighted by Gasteiger charge is -2.37. The number of piperazine rings is 1. The van der Waals surface area contributed by atoms with Crippen LogP contribution in [0.2, 0.25) is 0 Å². The molecule has 0 spiro atoms. The Bertz CT molecular complexity index is 712. The number of aromatic nitrogens is 1. The second-order valence-corrected chi connectivity index (χ2v) is 7.77. The van der Waals surface area contributed by atoms with E-state index < -0.39 is 0 Å². The number of hydrogen-bond acceptors (Lipinski definition) is 4. The molecule has 4 nitrogen and oxygen atoms in total. The van der Waals surface area contributed by atoms with E-state index in [4.69, 9.17) is 0 Å². The molecule has 24 heavy (non-hydrogen) atoms. The van der Waals surface area contributed by atoms with Crippen molar-refractivity contribution in [3.05, 3.63) is 34.9 Å². The standard InChI is InChI=1S/C19H25BrN4/c1-2-22-9-11-23(12-10-22)16-6-8-24(14-16)19-5-7-21-18-4-3-15(20)13-17(18)19/h3-5,7,13,16H,2,6,8-12,14H2,1H3. The van der Waals surface area contributed by atoms with Crippen molar-refractivity contribution in [2.45, 2.75) is 19.4 Å². The van der Waals surface area contributed by atoms with Crippen LogP contribution in [-0.4, -0.2) is 66.6 Å². The molecular weight excluding hydrogens is 364 g/mol. The summed E-state index contributed by atoms with van der Waals surface area (Å²) in [6.45, 7) is 10.6. The van der Waals surface area contributed by atoms with Crippen molar-refractivity contribution >= 4 is 32.5 Å². The van der Waals surface area contributed by atoms with Crippen molar-refractivity contribution < 1.29 is 0 Å². The summed E-state index contributed by atoms with van der Waals surface area (Å²) in [7, 11) is 0. The first-order valence-corrected chi connectivity index (χ1v) is 9.79. The van der Waals surface area contributed by atoms with Crippen LogP contribution >= 0.6 is 15.9 Å². The molecule has 1 aromatic carbocycles. The summed E-state index contributed by atoms with van der Waals surface area (Å²) in [6, 6.07) is 9.23. The number of pyridine rings is 1. The average molecular weight is 389 g/mol. The van der Waals surface area contributed by atoms with E-state index in [2.05, 4.69) is 66.8 Å². The molecule has 2 aliphatic heterocycles. The van der Waals surface area contributed by atoms with Gasteiger partial charge in [-0.05, 0) is 37.2 Å². The smallest absolute Gasteiger partial charge is 0.0723 e. The van der Waals surface area contributed by atoms with E-state index in [0.29, 0.717) is 6.04 Å². The van der Waals surface area contributed by atoms with Crippen molar-refractivity contribution in [2.24, 2.45) is 0 Å². The Labute approximate surface area is 152 Å². The van der Waals surface area contributed by atoms with Crippen LogP contribution in [0.5, 0.6) is 0 Å². The molecule has 1 aromatic heterocycles. The molecule has 0 saturated carbocycles. The van der Waals surface area contributed by atoms with Crippen LogP contribution in [0.15, 0.2) is 34.9 Å². The van der Waals surface area contributed by atoms with Crippen molar-refractivity contribution in [2.75, 3.05) is 50.7 Å². The number of halogens is 1. The van der Waals surface area contributed by atoms with Gasteiger partial charge >= 0.3 is 0 Å². The van der Waals surface area contributed by atoms with Crippen LogP contribution < -0.4 is 4.90 Å². The van der Waals surface area contributed by atoms with Gasteiger partial charge in [0, 0.05) is 67.1 Å². The number of fused-ring (bicyclic) bond motifs is 1. The highest BCUT2D eigenvalue weighted by molar-refractivity contribution is 9.10. The van der Waals surface area contributed by atoms with Crippen LogP contribution in [0.25, 0.3) is 10.9 Å². The lowest BCUT2D eigenvalue weighted by atomic mass is 10.1. The maximum atomic E-state index is 4.52. The van der Waals surface area contributed by atoms with Gasteiger partial charge in [-0.3, -0.25) is 9.88 Å². The lowest BCUT2D eigenvalue weighted by molar-refractivity contribution is 0.107. The summed E-state index contributed by atoms with van der Waals surface area (Å²) in [5, 5.41) is 1.25. The number of hydrogen-bond donors (Lipinski definition) is 0. The molecule has 2 saturated heterocycles. The maximum Gasteiger partial charge on any atom is 0.0723 e. The van der Waals surface area contributed by atoms with E-state index in [1.807, 2.05) is 6.20 Å². The largest absolute Gasteiger partial charge is 0.369 e. The molecule has 128 valence electrons. The second-order valence-electron chi connectivity index (χ2n) is 6.85. The minimum absolute atomic E-state index is 0.694. The fourth-order valence-corrected chi connectivity index (χ4v) is 4.44. The zero-order valence-corrected chi connectivity index (χ0v) is 15.9. The molecule has 1 unspecified atom stereocenters. The van der Waals surface area contributed by atoms with E-state index >= 15 is 0 Å². The maximum absolute atomic E-state index is 4.52. The van der Waals surface area contributed by atoms with Gasteiger partial charge in [-0.1, -0.05) is 22.9 Å². The van der Waals surface area contributed by atoms with Crippen molar-refractivity contribution in [3.63, 3.8) is 0 Å². The van der Waals surface area contributed by atoms with Gasteiger partial charge in [0.15, 0.2) is 0 Å². The quantitative estimate of drug-likeness (QED) is 0.804. The monoisotopic (exact) mass is 388 g/mol. The normalized spacial score (nSPS) is 23.2. The molecule has 1 atom stereocenters. The van der Waals surface area contributed by atoms with Gasteiger partial charge in [0.2, 0.25) is 0 Å². The zero-order chi connectivity index (χ0) is 16.5. The molecule has 0 N–H and O–H groups in total. The number of anilines is 1. The van der Waals surface area contributed by atoms with Crippen molar-refractivity contribution in [1.29, 1.82) is 0 Å². The Hall–Kier alpha value is -1.17. The van der Waals surface area contributed by atoms with Gasteiger partial charge in [0.05, 0.1) is 5.52 Å². The predicted molar refractivity (Wildman–Crippen MR) is 104 cm³/mol. The van der Waals surface area contributed by atoms with Crippen molar-refractivity contribution in [1.82, 2.24) is 14.8 Å². The van der Waals surface area contributed by atoms with Crippen molar-refractivity contribution in [3.8, 4) is 0 Å². The topological polar surface area (TPSA) is 22.6 Å². The fraction of sp³-hybridized carbons (Fsp3) is 0.526. The Morgan fingerprint density at radius 1 is 1.12 bits per heavy atom. The fourth-order valence-electron chi connectivity index (χ4n) is 4.08. The lowest BCUT2D eigenvalue weighted by Crippen LogP contribution is -2.50. The van der Waals surface area contributed by atoms with E-state index in [-0.39, 0.29) is 0 Å². The van der Waals surface area contributed by atoms with Gasteiger partial charge in [0.25, 0.3) is 0 Å². The highest BCUT2D eigenvalue weighted by Gasteiger charge is 2.30. The summed E-state index contributed by atoms with van der Waals surface area (Å²) in [5.41, 5.74) is 2.41. The van der Waals surface area contributed by atoms with Crippen LogP contribution in [-0.2, 0) is 0 Å². The first-order chi connectivity index (χ1) is 11.7.